The fourth-order valence-electron chi connectivity index (χ4n) is 5.12. The quantitative estimate of drug-likeness (QED) is 0.751. The Kier molecular flexibility index (Phi) is 3.45. The van der Waals surface area contributed by atoms with Crippen LogP contribution in [0.25, 0.3) is 11.0 Å². The molecule has 0 aromatic carbocycles. The normalized spacial score (nSPS) is 35.0. The van der Waals surface area contributed by atoms with Crippen molar-refractivity contribution in [2.45, 2.75) is 56.4 Å². The van der Waals surface area contributed by atoms with Gasteiger partial charge in [0, 0.05) is 18.2 Å². The predicted octanol–water partition coefficient (Wildman–Crippen LogP) is 1.46. The van der Waals surface area contributed by atoms with Crippen LogP contribution in [0.2, 0.25) is 0 Å². The number of aliphatic hydroxyl groups is 2. The van der Waals surface area contributed by atoms with E-state index in [0.29, 0.717) is 34.9 Å². The molecule has 0 unspecified atom stereocenters. The molecule has 3 aliphatic rings. The lowest BCUT2D eigenvalue weighted by atomic mass is 10.0. The predicted molar refractivity (Wildman–Crippen MR) is 95.3 cm³/mol. The summed E-state index contributed by atoms with van der Waals surface area (Å²) < 4.78 is 1.76. The number of nitrogens with zero attached hydrogens (tertiary/aromatic N) is 5. The molecule has 0 bridgehead atoms. The van der Waals surface area contributed by atoms with Gasteiger partial charge in [-0.1, -0.05) is 12.8 Å². The van der Waals surface area contributed by atoms with Crippen molar-refractivity contribution in [2.75, 3.05) is 5.32 Å². The molecule has 2 aromatic heterocycles. The minimum Gasteiger partial charge on any atom is -0.389 e. The Morgan fingerprint density at radius 3 is 2.67 bits per heavy atom. The molecule has 2 aromatic rings. The van der Waals surface area contributed by atoms with E-state index in [1.165, 1.54) is 19.2 Å². The Balaban J connectivity index is 1.61. The van der Waals surface area contributed by atoms with E-state index in [4.69, 9.17) is 0 Å². The molecule has 2 heterocycles. The summed E-state index contributed by atoms with van der Waals surface area (Å²) in [6.45, 7) is 0. The van der Waals surface area contributed by atoms with Gasteiger partial charge in [-0.2, -0.15) is 10.5 Å². The number of nitriles is 2. The summed E-state index contributed by atoms with van der Waals surface area (Å²) in [6.07, 6.45) is 6.05. The van der Waals surface area contributed by atoms with Gasteiger partial charge in [-0.25, -0.2) is 9.97 Å². The first-order chi connectivity index (χ1) is 13.1. The fraction of sp³-hybridized carbons (Fsp3) is 0.579. The molecule has 0 spiro atoms. The molecule has 138 valence electrons. The van der Waals surface area contributed by atoms with Crippen molar-refractivity contribution in [3.63, 3.8) is 0 Å². The third kappa shape index (κ3) is 2.14. The first-order valence-corrected chi connectivity index (χ1v) is 9.40. The second kappa shape index (κ2) is 5.66. The Hall–Kier alpha value is -2.68. The van der Waals surface area contributed by atoms with Gasteiger partial charge in [-0.3, -0.25) is 0 Å². The molecule has 0 radical (unpaired) electrons. The third-order valence-corrected chi connectivity index (χ3v) is 6.63. The van der Waals surface area contributed by atoms with E-state index in [1.807, 2.05) is 0 Å². The Bertz CT molecular complexity index is 998. The van der Waals surface area contributed by atoms with Crippen LogP contribution in [0, 0.1) is 34.0 Å². The topological polar surface area (TPSA) is 131 Å². The van der Waals surface area contributed by atoms with E-state index in [1.54, 1.807) is 10.8 Å². The monoisotopic (exact) mass is 364 g/mol. The van der Waals surface area contributed by atoms with Crippen molar-refractivity contribution in [2.24, 2.45) is 11.3 Å². The van der Waals surface area contributed by atoms with Gasteiger partial charge in [0.1, 0.15) is 36.1 Å². The minimum absolute atomic E-state index is 0.143. The molecule has 3 saturated carbocycles. The molecule has 5 atom stereocenters. The second-order valence-electron chi connectivity index (χ2n) is 8.00. The lowest BCUT2D eigenvalue weighted by molar-refractivity contribution is -0.00667. The maximum Gasteiger partial charge on any atom is 0.147 e. The summed E-state index contributed by atoms with van der Waals surface area (Å²) in [5.74, 6) is 0.494. The van der Waals surface area contributed by atoms with E-state index in [0.717, 1.165) is 12.8 Å². The van der Waals surface area contributed by atoms with Crippen LogP contribution in [0.1, 0.15) is 43.7 Å². The Morgan fingerprint density at radius 1 is 1.22 bits per heavy atom. The zero-order valence-electron chi connectivity index (χ0n) is 14.7. The Labute approximate surface area is 156 Å². The fourth-order valence-corrected chi connectivity index (χ4v) is 5.12. The number of hydrogen-bond acceptors (Lipinski definition) is 7. The maximum absolute atomic E-state index is 10.6. The number of nitrogens with one attached hydrogen (secondary N) is 1. The van der Waals surface area contributed by atoms with Gasteiger partial charge in [0.05, 0.1) is 28.5 Å². The molecule has 5 rings (SSSR count). The van der Waals surface area contributed by atoms with E-state index in [9.17, 15) is 20.7 Å². The zero-order valence-corrected chi connectivity index (χ0v) is 14.7. The molecule has 3 N–H and O–H groups in total. The average molecular weight is 364 g/mol. The van der Waals surface area contributed by atoms with Gasteiger partial charge < -0.3 is 20.1 Å². The molecule has 3 fully saturated rings. The first-order valence-electron chi connectivity index (χ1n) is 9.40. The maximum atomic E-state index is 10.6. The molecule has 27 heavy (non-hydrogen) atoms. The van der Waals surface area contributed by atoms with Gasteiger partial charge in [0.25, 0.3) is 0 Å². The third-order valence-electron chi connectivity index (χ3n) is 6.63. The molecule has 0 amide bonds. The molecular formula is C19H20N6O2. The molecule has 0 saturated heterocycles. The zero-order chi connectivity index (χ0) is 18.8. The van der Waals surface area contributed by atoms with Gasteiger partial charge >= 0.3 is 0 Å². The summed E-state index contributed by atoms with van der Waals surface area (Å²) in [6, 6.07) is 4.26. The summed E-state index contributed by atoms with van der Waals surface area (Å²) in [7, 11) is 0. The summed E-state index contributed by atoms with van der Waals surface area (Å²) in [4.78, 5) is 8.74. The first kappa shape index (κ1) is 16.5. The lowest BCUT2D eigenvalue weighted by Gasteiger charge is -2.23. The van der Waals surface area contributed by atoms with Crippen LogP contribution in [0.4, 0.5) is 5.82 Å². The number of rotatable bonds is 3. The summed E-state index contributed by atoms with van der Waals surface area (Å²) in [5, 5.41) is 44.2. The highest BCUT2D eigenvalue weighted by atomic mass is 16.3. The van der Waals surface area contributed by atoms with Crippen LogP contribution >= 0.6 is 0 Å². The van der Waals surface area contributed by atoms with Gasteiger partial charge in [0.15, 0.2) is 0 Å². The van der Waals surface area contributed by atoms with Crippen LogP contribution < -0.4 is 5.32 Å². The number of aliphatic hydroxyl groups excluding tert-OH is 2. The van der Waals surface area contributed by atoms with Crippen molar-refractivity contribution < 1.29 is 10.2 Å². The largest absolute Gasteiger partial charge is 0.389 e. The molecule has 0 aliphatic heterocycles. The minimum atomic E-state index is -1.08. The molecular weight excluding hydrogens is 344 g/mol. The average Bonchev–Trinajstić information content (AvgIpc) is 2.96. The van der Waals surface area contributed by atoms with Crippen LogP contribution in [0.15, 0.2) is 12.5 Å². The van der Waals surface area contributed by atoms with Crippen LogP contribution in [0.3, 0.4) is 0 Å². The van der Waals surface area contributed by atoms with Crippen LogP contribution in [0.5, 0.6) is 0 Å². The molecule has 8 heteroatoms. The van der Waals surface area contributed by atoms with Crippen molar-refractivity contribution in [3.8, 4) is 12.1 Å². The highest BCUT2D eigenvalue weighted by molar-refractivity contribution is 5.93. The molecule has 8 nitrogen and oxygen atoms in total. The summed E-state index contributed by atoms with van der Waals surface area (Å²) in [5.41, 5.74) is 0.104. The van der Waals surface area contributed by atoms with Crippen molar-refractivity contribution in [1.29, 1.82) is 10.5 Å². The van der Waals surface area contributed by atoms with E-state index >= 15 is 0 Å². The van der Waals surface area contributed by atoms with Gasteiger partial charge in [-0.05, 0) is 19.3 Å². The highest BCUT2D eigenvalue weighted by Crippen LogP contribution is 2.67. The van der Waals surface area contributed by atoms with Crippen molar-refractivity contribution >= 4 is 16.9 Å². The van der Waals surface area contributed by atoms with Crippen LogP contribution in [-0.4, -0.2) is 43.0 Å². The Morgan fingerprint density at radius 2 is 2.00 bits per heavy atom. The van der Waals surface area contributed by atoms with E-state index < -0.39 is 23.7 Å². The number of anilines is 1. The standard InChI is InChI=1S/C19H20N6O2/c20-6-10-7-25(14-12-5-19(12,8-21)16(27)15(14)26)18-13(10)17(22-9-23-18)24-11-3-1-2-4-11/h7,9,11-12,14-16,26-27H,1-5H2,(H,22,23,24)/t12-,14-,15+,16+,19+/m1/s1. The second-order valence-corrected chi connectivity index (χ2v) is 8.00. The SMILES string of the molecule is N#Cc1cn([C@H]2[C@H](O)[C@H](O)[C@]3(C#N)C[C@H]23)c2ncnc(NC3CCCC3)c12. The van der Waals surface area contributed by atoms with Gasteiger partial charge in [-0.15, -0.1) is 0 Å². The number of fused-ring (bicyclic) bond motifs is 2. The number of aromatic nitrogens is 3. The smallest absolute Gasteiger partial charge is 0.147 e. The van der Waals surface area contributed by atoms with Gasteiger partial charge in [0.2, 0.25) is 0 Å². The van der Waals surface area contributed by atoms with Crippen LogP contribution in [-0.2, 0) is 0 Å². The summed E-state index contributed by atoms with van der Waals surface area (Å²) >= 11 is 0. The van der Waals surface area contributed by atoms with Crippen molar-refractivity contribution in [3.05, 3.63) is 18.1 Å². The number of hydrogen-bond donors (Lipinski definition) is 3. The van der Waals surface area contributed by atoms with Crippen molar-refractivity contribution in [1.82, 2.24) is 14.5 Å². The van der Waals surface area contributed by atoms with E-state index in [2.05, 4.69) is 27.4 Å². The van der Waals surface area contributed by atoms with E-state index in [-0.39, 0.29) is 5.92 Å². The molecule has 3 aliphatic carbocycles. The highest BCUT2D eigenvalue weighted by Gasteiger charge is 2.72. The lowest BCUT2D eigenvalue weighted by Crippen LogP contribution is -2.33.